The van der Waals surface area contributed by atoms with Crippen molar-refractivity contribution in [3.05, 3.63) is 12.2 Å². The van der Waals surface area contributed by atoms with Crippen molar-refractivity contribution in [3.8, 4) is 0 Å². The number of carboxylic acid groups (broad SMARTS) is 1. The molecule has 5 aliphatic carbocycles. The van der Waals surface area contributed by atoms with Crippen molar-refractivity contribution in [2.45, 2.75) is 170 Å². The molecule has 10 atom stereocenters. The van der Waals surface area contributed by atoms with E-state index in [1.165, 1.54) is 50.5 Å². The van der Waals surface area contributed by atoms with Crippen LogP contribution in [0.5, 0.6) is 0 Å². The number of aliphatic carboxylic acids is 1. The molecule has 5 nitrogen and oxygen atoms in total. The van der Waals surface area contributed by atoms with Crippen LogP contribution in [-0.4, -0.2) is 34.7 Å². The van der Waals surface area contributed by atoms with Crippen molar-refractivity contribution < 1.29 is 19.8 Å². The zero-order chi connectivity index (χ0) is 33.5. The molecule has 46 heavy (non-hydrogen) atoms. The number of amides is 1. The summed E-state index contributed by atoms with van der Waals surface area (Å²) in [4.78, 5) is 25.0. The van der Waals surface area contributed by atoms with Crippen LogP contribution < -0.4 is 5.32 Å². The van der Waals surface area contributed by atoms with Crippen LogP contribution in [0.15, 0.2) is 12.2 Å². The lowest BCUT2D eigenvalue weighted by Crippen LogP contribution is -2.67. The molecule has 0 aromatic heterocycles. The van der Waals surface area contributed by atoms with Crippen molar-refractivity contribution in [1.82, 2.24) is 5.32 Å². The van der Waals surface area contributed by atoms with Crippen LogP contribution in [0.3, 0.4) is 0 Å². The smallest absolute Gasteiger partial charge is 0.303 e. The number of hydrogen-bond acceptors (Lipinski definition) is 3. The third kappa shape index (κ3) is 5.93. The molecular formula is C41H69NO4. The lowest BCUT2D eigenvalue weighted by Gasteiger charge is -2.72. The van der Waals surface area contributed by atoms with Gasteiger partial charge in [-0.05, 0) is 135 Å². The number of unbranched alkanes of at least 4 members (excludes halogenated alkanes) is 7. The Labute approximate surface area is 281 Å². The molecule has 262 valence electrons. The molecule has 0 aliphatic heterocycles. The molecule has 0 aromatic carbocycles. The van der Waals surface area contributed by atoms with Crippen molar-refractivity contribution in [2.75, 3.05) is 6.54 Å². The Morgan fingerprint density at radius 1 is 0.739 bits per heavy atom. The second-order valence-electron chi connectivity index (χ2n) is 18.4. The predicted molar refractivity (Wildman–Crippen MR) is 187 cm³/mol. The van der Waals surface area contributed by atoms with Crippen molar-refractivity contribution >= 4 is 11.9 Å². The standard InChI is InChI=1S/C41H69NO4/c1-28(2)29-19-24-41(36(46)42-27-15-13-11-9-8-10-12-14-16-34(44)45)26-25-39(6)30(35(29)41)17-18-32-38(5)22-21-33(43)37(3,4)31(38)20-23-40(32,39)7/h29-33,35,43H,1,8-27H2,2-7H3,(H,42,46)(H,44,45)/t29-,30+,31-,32+,33-,35+,38-,39+,40+,41-/m0/s1. The number of carbonyl (C=O) groups excluding carboxylic acids is 1. The number of carbonyl (C=O) groups is 2. The van der Waals surface area contributed by atoms with Gasteiger partial charge in [0.05, 0.1) is 11.5 Å². The van der Waals surface area contributed by atoms with Gasteiger partial charge in [0, 0.05) is 13.0 Å². The van der Waals surface area contributed by atoms with Crippen LogP contribution >= 0.6 is 0 Å². The maximum absolute atomic E-state index is 14.3. The van der Waals surface area contributed by atoms with Gasteiger partial charge in [-0.25, -0.2) is 0 Å². The average molecular weight is 640 g/mol. The van der Waals surface area contributed by atoms with Crippen molar-refractivity contribution in [2.24, 2.45) is 56.7 Å². The van der Waals surface area contributed by atoms with E-state index in [9.17, 15) is 14.7 Å². The van der Waals surface area contributed by atoms with Crippen molar-refractivity contribution in [3.63, 3.8) is 0 Å². The Bertz CT molecular complexity index is 1130. The minimum absolute atomic E-state index is 0.0221. The summed E-state index contributed by atoms with van der Waals surface area (Å²) >= 11 is 0. The minimum atomic E-state index is -0.688. The van der Waals surface area contributed by atoms with Crippen LogP contribution in [0.4, 0.5) is 0 Å². The third-order valence-corrected chi connectivity index (χ3v) is 16.1. The first-order valence-electron chi connectivity index (χ1n) is 19.5. The Morgan fingerprint density at radius 2 is 1.39 bits per heavy atom. The summed E-state index contributed by atoms with van der Waals surface area (Å²) in [7, 11) is 0. The first kappa shape index (κ1) is 35.9. The minimum Gasteiger partial charge on any atom is -0.481 e. The topological polar surface area (TPSA) is 86.6 Å². The fraction of sp³-hybridized carbons (Fsp3) is 0.902. The van der Waals surface area contributed by atoms with Crippen molar-refractivity contribution in [1.29, 1.82) is 0 Å². The molecule has 0 heterocycles. The summed E-state index contributed by atoms with van der Waals surface area (Å²) in [6.07, 6.45) is 20.2. The summed E-state index contributed by atoms with van der Waals surface area (Å²) < 4.78 is 0. The van der Waals surface area contributed by atoms with E-state index in [4.69, 9.17) is 5.11 Å². The van der Waals surface area contributed by atoms with Gasteiger partial charge in [0.15, 0.2) is 0 Å². The molecule has 5 saturated carbocycles. The Kier molecular flexibility index (Phi) is 10.6. The molecule has 0 spiro atoms. The highest BCUT2D eigenvalue weighted by atomic mass is 16.4. The molecule has 3 N–H and O–H groups in total. The number of rotatable bonds is 13. The summed E-state index contributed by atoms with van der Waals surface area (Å²) in [5.41, 5.74) is 1.79. The molecule has 0 bridgehead atoms. The number of nitrogens with one attached hydrogen (secondary N) is 1. The van der Waals surface area contributed by atoms with Gasteiger partial charge < -0.3 is 15.5 Å². The Balaban J connectivity index is 1.24. The van der Waals surface area contributed by atoms with Gasteiger partial charge >= 0.3 is 5.97 Å². The first-order chi connectivity index (χ1) is 21.6. The molecule has 5 heteroatoms. The number of aliphatic hydroxyl groups is 1. The lowest BCUT2D eigenvalue weighted by atomic mass is 9.32. The molecule has 1 amide bonds. The second kappa shape index (κ2) is 13.5. The summed E-state index contributed by atoms with van der Waals surface area (Å²) in [5, 5.41) is 23.3. The van der Waals surface area contributed by atoms with Gasteiger partial charge in [-0.2, -0.15) is 0 Å². The van der Waals surface area contributed by atoms with Gasteiger partial charge in [0.1, 0.15) is 0 Å². The Morgan fingerprint density at radius 3 is 2.04 bits per heavy atom. The summed E-state index contributed by atoms with van der Waals surface area (Å²) in [6.45, 7) is 20.1. The zero-order valence-electron chi connectivity index (χ0n) is 30.5. The highest BCUT2D eigenvalue weighted by Gasteiger charge is 2.71. The zero-order valence-corrected chi connectivity index (χ0v) is 30.5. The number of fused-ring (bicyclic) bond motifs is 7. The van der Waals surface area contributed by atoms with Gasteiger partial charge in [0.25, 0.3) is 0 Å². The highest BCUT2D eigenvalue weighted by molar-refractivity contribution is 5.83. The van der Waals surface area contributed by atoms with E-state index in [1.54, 1.807) is 0 Å². The monoisotopic (exact) mass is 640 g/mol. The quantitative estimate of drug-likeness (QED) is 0.138. The lowest BCUT2D eigenvalue weighted by molar-refractivity contribution is -0.246. The van der Waals surface area contributed by atoms with Gasteiger partial charge in [-0.3, -0.25) is 9.59 Å². The average Bonchev–Trinajstić information content (AvgIpc) is 3.39. The van der Waals surface area contributed by atoms with E-state index >= 15 is 0 Å². The molecule has 0 radical (unpaired) electrons. The number of hydrogen-bond donors (Lipinski definition) is 3. The van der Waals surface area contributed by atoms with Crippen LogP contribution in [0.1, 0.15) is 164 Å². The summed E-state index contributed by atoms with van der Waals surface area (Å²) in [6, 6.07) is 0. The molecule has 0 aromatic rings. The second-order valence-corrected chi connectivity index (χ2v) is 18.4. The van der Waals surface area contributed by atoms with Crippen LogP contribution in [0.2, 0.25) is 0 Å². The largest absolute Gasteiger partial charge is 0.481 e. The molecule has 0 unspecified atom stereocenters. The van der Waals surface area contributed by atoms with E-state index in [1.807, 2.05) is 0 Å². The molecule has 0 saturated heterocycles. The number of carboxylic acids is 1. The van der Waals surface area contributed by atoms with Crippen LogP contribution in [0.25, 0.3) is 0 Å². The first-order valence-corrected chi connectivity index (χ1v) is 19.5. The number of allylic oxidation sites excluding steroid dienone is 1. The van der Waals surface area contributed by atoms with E-state index in [-0.39, 0.29) is 33.2 Å². The van der Waals surface area contributed by atoms with E-state index < -0.39 is 5.97 Å². The fourth-order valence-electron chi connectivity index (χ4n) is 13.4. The van der Waals surface area contributed by atoms with E-state index in [0.29, 0.717) is 41.9 Å². The van der Waals surface area contributed by atoms with Gasteiger partial charge in [0.2, 0.25) is 5.91 Å². The van der Waals surface area contributed by atoms with Gasteiger partial charge in [-0.15, -0.1) is 0 Å². The normalized spacial score (nSPS) is 42.7. The van der Waals surface area contributed by atoms with Gasteiger partial charge in [-0.1, -0.05) is 85.3 Å². The maximum atomic E-state index is 14.3. The molecular weight excluding hydrogens is 570 g/mol. The molecule has 5 fully saturated rings. The molecule has 5 rings (SSSR count). The van der Waals surface area contributed by atoms with Crippen LogP contribution in [0, 0.1) is 56.7 Å². The fourth-order valence-corrected chi connectivity index (χ4v) is 13.4. The Hall–Kier alpha value is -1.36. The maximum Gasteiger partial charge on any atom is 0.303 e. The summed E-state index contributed by atoms with van der Waals surface area (Å²) in [5.74, 6) is 2.32. The van der Waals surface area contributed by atoms with Crippen LogP contribution in [-0.2, 0) is 9.59 Å². The predicted octanol–water partition coefficient (Wildman–Crippen LogP) is 9.72. The highest BCUT2D eigenvalue weighted by Crippen LogP contribution is 2.77. The number of aliphatic hydroxyl groups excluding tert-OH is 1. The third-order valence-electron chi connectivity index (χ3n) is 16.1. The van der Waals surface area contributed by atoms with E-state index in [0.717, 1.165) is 77.2 Å². The van der Waals surface area contributed by atoms with E-state index in [2.05, 4.69) is 53.4 Å². The SMILES string of the molecule is C=C(C)[C@@H]1CC[C@]2(C(=O)NCCCCCCCCCCC(=O)O)CC[C@]3(C)[C@H](CC[C@@H]4[C@@]5(C)CC[C@H](O)C(C)(C)[C@@H]5CC[C@]43C)[C@@H]12. The molecule has 5 aliphatic rings.